The molecule has 1 heterocycles. The number of nitrogens with one attached hydrogen (secondary N) is 1. The molecule has 0 bridgehead atoms. The van der Waals surface area contributed by atoms with E-state index in [-0.39, 0.29) is 17.7 Å². The highest BCUT2D eigenvalue weighted by atomic mass is 16.3. The van der Waals surface area contributed by atoms with Gasteiger partial charge in [0.1, 0.15) is 5.75 Å². The summed E-state index contributed by atoms with van der Waals surface area (Å²) >= 11 is 0. The molecule has 15 heavy (non-hydrogen) atoms. The highest BCUT2D eigenvalue weighted by Gasteiger charge is 2.25. The first-order valence-electron chi connectivity index (χ1n) is 5.02. The van der Waals surface area contributed by atoms with E-state index < -0.39 is 0 Å². The molecule has 1 atom stereocenters. The molecular weight excluding hydrogens is 192 g/mol. The topological polar surface area (TPSA) is 52.6 Å². The number of amides is 1. The molecule has 2 rings (SSSR count). The first kappa shape index (κ1) is 9.98. The molecule has 2 N–H and O–H groups in total. The third-order valence-corrected chi connectivity index (χ3v) is 2.56. The van der Waals surface area contributed by atoms with E-state index in [4.69, 9.17) is 0 Å². The third kappa shape index (κ3) is 1.94. The van der Waals surface area contributed by atoms with Gasteiger partial charge >= 0.3 is 0 Å². The first-order valence-corrected chi connectivity index (χ1v) is 5.02. The fraction of sp³-hybridized carbons (Fsp3) is 0.364. The summed E-state index contributed by atoms with van der Waals surface area (Å²) < 4.78 is 0. The number of rotatable bonds is 1. The fourth-order valence-electron chi connectivity index (χ4n) is 1.74. The molecule has 1 aliphatic heterocycles. The van der Waals surface area contributed by atoms with Crippen LogP contribution in [0.1, 0.15) is 6.92 Å². The van der Waals surface area contributed by atoms with Crippen molar-refractivity contribution in [2.24, 2.45) is 0 Å². The van der Waals surface area contributed by atoms with E-state index in [0.29, 0.717) is 6.54 Å². The van der Waals surface area contributed by atoms with Crippen molar-refractivity contribution in [2.75, 3.05) is 18.0 Å². The van der Waals surface area contributed by atoms with E-state index in [1.54, 1.807) is 23.1 Å². The Balaban J connectivity index is 2.26. The second kappa shape index (κ2) is 3.90. The van der Waals surface area contributed by atoms with Gasteiger partial charge in [-0.3, -0.25) is 4.79 Å². The van der Waals surface area contributed by atoms with Crippen LogP contribution in [0.5, 0.6) is 5.75 Å². The molecule has 0 aromatic heterocycles. The van der Waals surface area contributed by atoms with Crippen LogP contribution >= 0.6 is 0 Å². The average molecular weight is 206 g/mol. The Labute approximate surface area is 88.5 Å². The average Bonchev–Trinajstić information content (AvgIpc) is 2.22. The maximum absolute atomic E-state index is 11.8. The number of aromatic hydroxyl groups is 1. The number of carbonyl (C=O) groups is 1. The SMILES string of the molecule is CC1NCCN(c2cccc(O)c2)C1=O. The molecule has 0 saturated carbocycles. The Morgan fingerprint density at radius 2 is 2.33 bits per heavy atom. The van der Waals surface area contributed by atoms with E-state index in [9.17, 15) is 9.90 Å². The molecule has 1 aromatic carbocycles. The first-order chi connectivity index (χ1) is 7.18. The van der Waals surface area contributed by atoms with Crippen LogP contribution in [0.2, 0.25) is 0 Å². The highest BCUT2D eigenvalue weighted by molar-refractivity contribution is 5.97. The van der Waals surface area contributed by atoms with Gasteiger partial charge in [-0.2, -0.15) is 0 Å². The minimum absolute atomic E-state index is 0.0480. The Morgan fingerprint density at radius 3 is 3.07 bits per heavy atom. The monoisotopic (exact) mass is 206 g/mol. The molecule has 1 amide bonds. The predicted octanol–water partition coefficient (Wildman–Crippen LogP) is 0.717. The van der Waals surface area contributed by atoms with Gasteiger partial charge in [-0.25, -0.2) is 0 Å². The molecule has 0 radical (unpaired) electrons. The van der Waals surface area contributed by atoms with Crippen LogP contribution in [0.4, 0.5) is 5.69 Å². The van der Waals surface area contributed by atoms with Gasteiger partial charge in [0.15, 0.2) is 0 Å². The summed E-state index contributed by atoms with van der Waals surface area (Å²) in [7, 11) is 0. The Hall–Kier alpha value is -1.55. The lowest BCUT2D eigenvalue weighted by Crippen LogP contribution is -2.53. The van der Waals surface area contributed by atoms with Crippen molar-refractivity contribution < 1.29 is 9.90 Å². The van der Waals surface area contributed by atoms with Gasteiger partial charge < -0.3 is 15.3 Å². The van der Waals surface area contributed by atoms with Gasteiger partial charge in [0.25, 0.3) is 0 Å². The number of anilines is 1. The van der Waals surface area contributed by atoms with Crippen LogP contribution in [-0.4, -0.2) is 30.1 Å². The van der Waals surface area contributed by atoms with Gasteiger partial charge in [0.05, 0.1) is 6.04 Å². The van der Waals surface area contributed by atoms with Crippen molar-refractivity contribution >= 4 is 11.6 Å². The summed E-state index contributed by atoms with van der Waals surface area (Å²) in [5, 5.41) is 12.4. The lowest BCUT2D eigenvalue weighted by molar-refractivity contribution is -0.121. The van der Waals surface area contributed by atoms with E-state index in [1.165, 1.54) is 0 Å². The zero-order valence-electron chi connectivity index (χ0n) is 8.60. The van der Waals surface area contributed by atoms with Gasteiger partial charge in [0, 0.05) is 24.8 Å². The van der Waals surface area contributed by atoms with E-state index in [2.05, 4.69) is 5.32 Å². The van der Waals surface area contributed by atoms with Crippen LogP contribution < -0.4 is 10.2 Å². The Kier molecular flexibility index (Phi) is 2.60. The van der Waals surface area contributed by atoms with Crippen LogP contribution in [0.15, 0.2) is 24.3 Å². The normalized spacial score (nSPS) is 21.8. The van der Waals surface area contributed by atoms with E-state index in [0.717, 1.165) is 12.2 Å². The van der Waals surface area contributed by atoms with Crippen molar-refractivity contribution in [3.63, 3.8) is 0 Å². The summed E-state index contributed by atoms with van der Waals surface area (Å²) in [4.78, 5) is 13.5. The van der Waals surface area contributed by atoms with Crippen molar-refractivity contribution in [1.29, 1.82) is 0 Å². The van der Waals surface area contributed by atoms with E-state index in [1.807, 2.05) is 13.0 Å². The molecule has 0 spiro atoms. The molecule has 1 aromatic rings. The van der Waals surface area contributed by atoms with Gasteiger partial charge in [-0.15, -0.1) is 0 Å². The predicted molar refractivity (Wildman–Crippen MR) is 57.9 cm³/mol. The lowest BCUT2D eigenvalue weighted by atomic mass is 10.2. The molecule has 4 heteroatoms. The minimum atomic E-state index is -0.152. The summed E-state index contributed by atoms with van der Waals surface area (Å²) in [5.74, 6) is 0.235. The molecule has 1 unspecified atom stereocenters. The van der Waals surface area contributed by atoms with Crippen LogP contribution in [0.3, 0.4) is 0 Å². The number of phenols is 1. The largest absolute Gasteiger partial charge is 0.508 e. The van der Waals surface area contributed by atoms with Crippen LogP contribution in [-0.2, 0) is 4.79 Å². The number of carbonyl (C=O) groups excluding carboxylic acids is 1. The Bertz CT molecular complexity index is 379. The summed E-state index contributed by atoms with van der Waals surface area (Å²) in [6.07, 6.45) is 0. The molecule has 80 valence electrons. The second-order valence-corrected chi connectivity index (χ2v) is 3.69. The standard InChI is InChI=1S/C11H14N2O2/c1-8-11(15)13(6-5-12-8)9-3-2-4-10(14)7-9/h2-4,7-8,12,14H,5-6H2,1H3. The smallest absolute Gasteiger partial charge is 0.243 e. The van der Waals surface area contributed by atoms with Crippen molar-refractivity contribution in [3.05, 3.63) is 24.3 Å². The maximum atomic E-state index is 11.8. The number of hydrogen-bond donors (Lipinski definition) is 2. The molecular formula is C11H14N2O2. The fourth-order valence-corrected chi connectivity index (χ4v) is 1.74. The molecule has 1 fully saturated rings. The molecule has 4 nitrogen and oxygen atoms in total. The van der Waals surface area contributed by atoms with Gasteiger partial charge in [-0.1, -0.05) is 6.07 Å². The number of nitrogens with zero attached hydrogens (tertiary/aromatic N) is 1. The highest BCUT2D eigenvalue weighted by Crippen LogP contribution is 2.21. The third-order valence-electron chi connectivity index (χ3n) is 2.56. The number of hydrogen-bond acceptors (Lipinski definition) is 3. The van der Waals surface area contributed by atoms with Crippen LogP contribution in [0.25, 0.3) is 0 Å². The summed E-state index contributed by atoms with van der Waals surface area (Å²) in [6, 6.07) is 6.62. The number of benzene rings is 1. The van der Waals surface area contributed by atoms with Crippen molar-refractivity contribution in [1.82, 2.24) is 5.32 Å². The maximum Gasteiger partial charge on any atom is 0.243 e. The van der Waals surface area contributed by atoms with E-state index >= 15 is 0 Å². The number of piperazine rings is 1. The zero-order chi connectivity index (χ0) is 10.8. The zero-order valence-corrected chi connectivity index (χ0v) is 8.60. The number of phenolic OH excluding ortho intramolecular Hbond substituents is 1. The van der Waals surface area contributed by atoms with Crippen molar-refractivity contribution in [3.8, 4) is 5.75 Å². The Morgan fingerprint density at radius 1 is 1.53 bits per heavy atom. The lowest BCUT2D eigenvalue weighted by Gasteiger charge is -2.31. The van der Waals surface area contributed by atoms with Gasteiger partial charge in [0.2, 0.25) is 5.91 Å². The van der Waals surface area contributed by atoms with Gasteiger partial charge in [-0.05, 0) is 19.1 Å². The minimum Gasteiger partial charge on any atom is -0.508 e. The molecule has 0 aliphatic carbocycles. The molecule has 1 saturated heterocycles. The quantitative estimate of drug-likeness (QED) is 0.711. The van der Waals surface area contributed by atoms with Crippen LogP contribution in [0, 0.1) is 0 Å². The second-order valence-electron chi connectivity index (χ2n) is 3.69. The molecule has 1 aliphatic rings. The summed E-state index contributed by atoms with van der Waals surface area (Å²) in [5.41, 5.74) is 0.758. The summed E-state index contributed by atoms with van der Waals surface area (Å²) in [6.45, 7) is 3.27. The van der Waals surface area contributed by atoms with Crippen molar-refractivity contribution in [2.45, 2.75) is 13.0 Å².